The van der Waals surface area contributed by atoms with Crippen LogP contribution >= 0.6 is 0 Å². The SMILES string of the molecule is COc1cccc(C2=Cc3ccc(N4CCN(C)CC4)cc3OC2O)n1. The van der Waals surface area contributed by atoms with Crippen LogP contribution in [-0.4, -0.2) is 61.6 Å². The summed E-state index contributed by atoms with van der Waals surface area (Å²) in [5.41, 5.74) is 3.34. The summed E-state index contributed by atoms with van der Waals surface area (Å²) >= 11 is 0. The summed E-state index contributed by atoms with van der Waals surface area (Å²) in [6.45, 7) is 4.08. The van der Waals surface area contributed by atoms with E-state index in [1.54, 1.807) is 13.2 Å². The number of hydrogen-bond donors (Lipinski definition) is 1. The molecule has 0 bridgehead atoms. The Morgan fingerprint density at radius 2 is 1.96 bits per heavy atom. The average molecular weight is 353 g/mol. The van der Waals surface area contributed by atoms with Crippen molar-refractivity contribution in [1.82, 2.24) is 9.88 Å². The van der Waals surface area contributed by atoms with E-state index in [-0.39, 0.29) is 0 Å². The van der Waals surface area contributed by atoms with Gasteiger partial charge in [0.2, 0.25) is 12.2 Å². The summed E-state index contributed by atoms with van der Waals surface area (Å²) in [4.78, 5) is 9.06. The average Bonchev–Trinajstić information content (AvgIpc) is 2.67. The van der Waals surface area contributed by atoms with Gasteiger partial charge < -0.3 is 24.4 Å². The molecule has 6 nitrogen and oxygen atoms in total. The van der Waals surface area contributed by atoms with E-state index in [2.05, 4.69) is 27.9 Å². The van der Waals surface area contributed by atoms with Crippen molar-refractivity contribution in [2.24, 2.45) is 0 Å². The number of piperazine rings is 1. The second kappa shape index (κ2) is 6.97. The van der Waals surface area contributed by atoms with Gasteiger partial charge in [-0.1, -0.05) is 6.07 Å². The molecule has 2 aliphatic heterocycles. The first kappa shape index (κ1) is 16.9. The largest absolute Gasteiger partial charge is 0.481 e. The second-order valence-corrected chi connectivity index (χ2v) is 6.65. The van der Waals surface area contributed by atoms with Crippen molar-refractivity contribution in [2.75, 3.05) is 45.2 Å². The Bertz CT molecular complexity index is 829. The van der Waals surface area contributed by atoms with Crippen LogP contribution in [0.25, 0.3) is 11.6 Å². The van der Waals surface area contributed by atoms with E-state index >= 15 is 0 Å². The van der Waals surface area contributed by atoms with E-state index in [9.17, 15) is 5.11 Å². The third-order valence-corrected chi connectivity index (χ3v) is 4.91. The van der Waals surface area contributed by atoms with Gasteiger partial charge in [0, 0.05) is 55.1 Å². The third-order valence-electron chi connectivity index (χ3n) is 4.91. The highest BCUT2D eigenvalue weighted by molar-refractivity contribution is 5.86. The van der Waals surface area contributed by atoms with Gasteiger partial charge in [-0.15, -0.1) is 0 Å². The Morgan fingerprint density at radius 3 is 2.73 bits per heavy atom. The van der Waals surface area contributed by atoms with Crippen LogP contribution in [0, 0.1) is 0 Å². The fourth-order valence-corrected chi connectivity index (χ4v) is 3.32. The fraction of sp³-hybridized carbons (Fsp3) is 0.350. The molecule has 1 fully saturated rings. The molecule has 0 saturated carbocycles. The summed E-state index contributed by atoms with van der Waals surface area (Å²) in [6, 6.07) is 11.6. The zero-order valence-electron chi connectivity index (χ0n) is 15.1. The summed E-state index contributed by atoms with van der Waals surface area (Å²) in [5.74, 6) is 1.20. The zero-order valence-corrected chi connectivity index (χ0v) is 15.1. The number of nitrogens with zero attached hydrogens (tertiary/aromatic N) is 3. The van der Waals surface area contributed by atoms with Crippen molar-refractivity contribution < 1.29 is 14.6 Å². The number of rotatable bonds is 3. The minimum absolute atomic E-state index is 0.506. The van der Waals surface area contributed by atoms with Crippen LogP contribution in [0.5, 0.6) is 11.6 Å². The number of benzene rings is 1. The van der Waals surface area contributed by atoms with Crippen molar-refractivity contribution >= 4 is 17.3 Å². The molecular weight excluding hydrogens is 330 g/mol. The van der Waals surface area contributed by atoms with Gasteiger partial charge in [-0.2, -0.15) is 0 Å². The molecule has 3 heterocycles. The second-order valence-electron chi connectivity index (χ2n) is 6.65. The fourth-order valence-electron chi connectivity index (χ4n) is 3.32. The Labute approximate surface area is 153 Å². The predicted molar refractivity (Wildman–Crippen MR) is 101 cm³/mol. The molecule has 0 spiro atoms. The van der Waals surface area contributed by atoms with Gasteiger partial charge in [0.05, 0.1) is 12.8 Å². The van der Waals surface area contributed by atoms with Gasteiger partial charge >= 0.3 is 0 Å². The number of pyridine rings is 1. The number of hydrogen-bond acceptors (Lipinski definition) is 6. The maximum absolute atomic E-state index is 10.5. The lowest BCUT2D eigenvalue weighted by Crippen LogP contribution is -2.44. The quantitative estimate of drug-likeness (QED) is 0.912. The third kappa shape index (κ3) is 3.25. The molecule has 0 amide bonds. The van der Waals surface area contributed by atoms with E-state index in [0.29, 0.717) is 22.9 Å². The van der Waals surface area contributed by atoms with Crippen LogP contribution in [-0.2, 0) is 0 Å². The molecule has 0 radical (unpaired) electrons. The number of methoxy groups -OCH3 is 1. The van der Waals surface area contributed by atoms with Gasteiger partial charge in [0.1, 0.15) is 5.75 Å². The van der Waals surface area contributed by atoms with E-state index in [0.717, 1.165) is 37.4 Å². The lowest BCUT2D eigenvalue weighted by Gasteiger charge is -2.34. The molecule has 136 valence electrons. The summed E-state index contributed by atoms with van der Waals surface area (Å²) in [5, 5.41) is 10.5. The predicted octanol–water partition coefficient (Wildman–Crippen LogP) is 2.09. The van der Waals surface area contributed by atoms with Crippen LogP contribution < -0.4 is 14.4 Å². The van der Waals surface area contributed by atoms with Crippen molar-refractivity contribution in [3.8, 4) is 11.6 Å². The number of fused-ring (bicyclic) bond motifs is 1. The monoisotopic (exact) mass is 353 g/mol. The maximum Gasteiger partial charge on any atom is 0.226 e. The molecule has 1 aromatic carbocycles. The number of anilines is 1. The number of aliphatic hydroxyl groups is 1. The Hall–Kier alpha value is -2.57. The standard InChI is InChI=1S/C20H23N3O3/c1-22-8-10-23(11-9-22)15-7-6-14-12-16(20(24)26-18(14)13-15)17-4-3-5-19(21-17)25-2/h3-7,12-13,20,24H,8-11H2,1-2H3. The highest BCUT2D eigenvalue weighted by atomic mass is 16.6. The van der Waals surface area contributed by atoms with Gasteiger partial charge in [0.15, 0.2) is 0 Å². The molecule has 1 unspecified atom stereocenters. The minimum atomic E-state index is -1.05. The van der Waals surface area contributed by atoms with Crippen LogP contribution in [0.15, 0.2) is 36.4 Å². The van der Waals surface area contributed by atoms with E-state index in [1.165, 1.54) is 0 Å². The van der Waals surface area contributed by atoms with Gasteiger partial charge in [-0.3, -0.25) is 0 Å². The van der Waals surface area contributed by atoms with Crippen molar-refractivity contribution in [3.05, 3.63) is 47.7 Å². The normalized spacial score (nSPS) is 20.2. The van der Waals surface area contributed by atoms with Crippen molar-refractivity contribution in [1.29, 1.82) is 0 Å². The number of aromatic nitrogens is 1. The summed E-state index contributed by atoms with van der Waals surface area (Å²) in [7, 11) is 3.71. The van der Waals surface area contributed by atoms with E-state index in [1.807, 2.05) is 30.3 Å². The molecule has 6 heteroatoms. The molecule has 1 aromatic heterocycles. The van der Waals surface area contributed by atoms with Crippen molar-refractivity contribution in [3.63, 3.8) is 0 Å². The van der Waals surface area contributed by atoms with Gasteiger partial charge in [0.25, 0.3) is 0 Å². The Morgan fingerprint density at radius 1 is 1.15 bits per heavy atom. The number of likely N-dealkylation sites (N-methyl/N-ethyl adjacent to an activating group) is 1. The Balaban J connectivity index is 1.63. The molecule has 2 aliphatic rings. The summed E-state index contributed by atoms with van der Waals surface area (Å²) in [6.07, 6.45) is 0.879. The molecule has 4 rings (SSSR count). The van der Waals surface area contributed by atoms with E-state index in [4.69, 9.17) is 9.47 Å². The summed E-state index contributed by atoms with van der Waals surface area (Å²) < 4.78 is 11.0. The van der Waals surface area contributed by atoms with Crippen molar-refractivity contribution in [2.45, 2.75) is 6.29 Å². The molecule has 0 aliphatic carbocycles. The smallest absolute Gasteiger partial charge is 0.226 e. The highest BCUT2D eigenvalue weighted by Gasteiger charge is 2.24. The lowest BCUT2D eigenvalue weighted by atomic mass is 10.0. The lowest BCUT2D eigenvalue weighted by molar-refractivity contribution is 0.0317. The molecule has 1 N–H and O–H groups in total. The van der Waals surface area contributed by atoms with Crippen LogP contribution in [0.4, 0.5) is 5.69 Å². The topological polar surface area (TPSA) is 58.1 Å². The molecule has 1 atom stereocenters. The van der Waals surface area contributed by atoms with E-state index < -0.39 is 6.29 Å². The molecule has 2 aromatic rings. The number of ether oxygens (including phenoxy) is 2. The molecule has 1 saturated heterocycles. The maximum atomic E-state index is 10.5. The van der Waals surface area contributed by atoms with Crippen LogP contribution in [0.1, 0.15) is 11.3 Å². The Kier molecular flexibility index (Phi) is 4.53. The number of aliphatic hydroxyl groups excluding tert-OH is 1. The molecule has 26 heavy (non-hydrogen) atoms. The van der Waals surface area contributed by atoms with Gasteiger partial charge in [-0.25, -0.2) is 4.98 Å². The molecular formula is C20H23N3O3. The first-order valence-corrected chi connectivity index (χ1v) is 8.79. The van der Waals surface area contributed by atoms with Crippen LogP contribution in [0.2, 0.25) is 0 Å². The minimum Gasteiger partial charge on any atom is -0.481 e. The van der Waals surface area contributed by atoms with Crippen LogP contribution in [0.3, 0.4) is 0 Å². The zero-order chi connectivity index (χ0) is 18.1. The first-order valence-electron chi connectivity index (χ1n) is 8.79. The van der Waals surface area contributed by atoms with Gasteiger partial charge in [-0.05, 0) is 31.3 Å². The first-order chi connectivity index (χ1) is 12.6. The highest BCUT2D eigenvalue weighted by Crippen LogP contribution is 2.36.